The SMILES string of the molecule is C=C(c1cn(C(c2ccccc2)(c2ccccc2)c2ccccc2)cn1)c1cccc2ccc(N=C(c3ccccc3)c3ccccc3)cc12. The lowest BCUT2D eigenvalue weighted by Gasteiger charge is -2.37. The highest BCUT2D eigenvalue weighted by Gasteiger charge is 2.38. The molecule has 0 unspecified atom stereocenters. The van der Waals surface area contributed by atoms with Crippen molar-refractivity contribution in [2.45, 2.75) is 5.54 Å². The van der Waals surface area contributed by atoms with Crippen molar-refractivity contribution in [3.63, 3.8) is 0 Å². The molecule has 0 bridgehead atoms. The second-order valence-corrected chi connectivity index (χ2v) is 12.4. The average molecular weight is 642 g/mol. The molecule has 1 aromatic heterocycles. The lowest BCUT2D eigenvalue weighted by Crippen LogP contribution is -2.36. The molecule has 0 saturated heterocycles. The fraction of sp³-hybridized carbons (Fsp3) is 0.0213. The fourth-order valence-corrected chi connectivity index (χ4v) is 7.00. The lowest BCUT2D eigenvalue weighted by molar-refractivity contribution is 0.514. The standard InChI is InChI=1S/C47H35N3/c1-35(43-29-17-22-36-30-31-42(32-44(36)43)49-46(37-18-7-2-8-19-37)38-20-9-3-10-21-38)45-33-50(34-48-45)47(39-23-11-4-12-24-39,40-25-13-5-14-26-40)41-27-15-6-16-28-41/h2-34H,1H2. The first kappa shape index (κ1) is 30.7. The normalized spacial score (nSPS) is 11.3. The van der Waals surface area contributed by atoms with Crippen molar-refractivity contribution in [2.75, 3.05) is 0 Å². The fourth-order valence-electron chi connectivity index (χ4n) is 7.00. The number of rotatable bonds is 9. The highest BCUT2D eigenvalue weighted by atomic mass is 15.1. The van der Waals surface area contributed by atoms with E-state index in [2.05, 4.69) is 193 Å². The molecule has 0 atom stereocenters. The van der Waals surface area contributed by atoms with Crippen molar-refractivity contribution in [1.82, 2.24) is 9.55 Å². The van der Waals surface area contributed by atoms with Gasteiger partial charge in [-0.1, -0.05) is 183 Å². The van der Waals surface area contributed by atoms with Gasteiger partial charge in [0.2, 0.25) is 0 Å². The van der Waals surface area contributed by atoms with Gasteiger partial charge in [-0.3, -0.25) is 0 Å². The van der Waals surface area contributed by atoms with Gasteiger partial charge >= 0.3 is 0 Å². The topological polar surface area (TPSA) is 30.2 Å². The Kier molecular flexibility index (Phi) is 8.30. The van der Waals surface area contributed by atoms with Gasteiger partial charge in [-0.25, -0.2) is 9.98 Å². The van der Waals surface area contributed by atoms with E-state index in [9.17, 15) is 0 Å². The Labute approximate surface area is 293 Å². The summed E-state index contributed by atoms with van der Waals surface area (Å²) in [6.45, 7) is 4.63. The monoisotopic (exact) mass is 641 g/mol. The largest absolute Gasteiger partial charge is 0.318 e. The van der Waals surface area contributed by atoms with Crippen LogP contribution in [0.15, 0.2) is 212 Å². The van der Waals surface area contributed by atoms with E-state index in [0.717, 1.165) is 66.8 Å². The van der Waals surface area contributed by atoms with Crippen LogP contribution in [0.2, 0.25) is 0 Å². The van der Waals surface area contributed by atoms with E-state index < -0.39 is 5.54 Å². The minimum atomic E-state index is -0.652. The number of benzene rings is 7. The number of fused-ring (bicyclic) bond motifs is 1. The number of imidazole rings is 1. The van der Waals surface area contributed by atoms with Gasteiger partial charge in [-0.15, -0.1) is 0 Å². The summed E-state index contributed by atoms with van der Waals surface area (Å²) in [5.74, 6) is 0. The minimum absolute atomic E-state index is 0.652. The van der Waals surface area contributed by atoms with Crippen LogP contribution in [-0.4, -0.2) is 15.3 Å². The Morgan fingerprint density at radius 3 is 1.56 bits per heavy atom. The van der Waals surface area contributed by atoms with Gasteiger partial charge in [0.25, 0.3) is 0 Å². The Morgan fingerprint density at radius 1 is 0.540 bits per heavy atom. The zero-order valence-electron chi connectivity index (χ0n) is 27.6. The third-order valence-corrected chi connectivity index (χ3v) is 9.38. The summed E-state index contributed by atoms with van der Waals surface area (Å²) in [4.78, 5) is 10.3. The van der Waals surface area contributed by atoms with E-state index in [0.29, 0.717) is 0 Å². The predicted molar refractivity (Wildman–Crippen MR) is 207 cm³/mol. The molecule has 8 rings (SSSR count). The Balaban J connectivity index is 1.25. The van der Waals surface area contributed by atoms with Crippen molar-refractivity contribution < 1.29 is 0 Å². The summed E-state index contributed by atoms with van der Waals surface area (Å²) in [6.07, 6.45) is 4.08. The van der Waals surface area contributed by atoms with Crippen LogP contribution < -0.4 is 0 Å². The average Bonchev–Trinajstić information content (AvgIpc) is 3.69. The summed E-state index contributed by atoms with van der Waals surface area (Å²) < 4.78 is 2.24. The van der Waals surface area contributed by atoms with Gasteiger partial charge in [0, 0.05) is 22.9 Å². The second kappa shape index (κ2) is 13.5. The maximum absolute atomic E-state index is 5.23. The molecule has 0 aliphatic carbocycles. The zero-order chi connectivity index (χ0) is 33.8. The van der Waals surface area contributed by atoms with Crippen LogP contribution in [0, 0.1) is 0 Å². The van der Waals surface area contributed by atoms with Crippen LogP contribution in [0.4, 0.5) is 5.69 Å². The van der Waals surface area contributed by atoms with Crippen molar-refractivity contribution >= 4 is 27.7 Å². The quantitative estimate of drug-likeness (QED) is 0.114. The van der Waals surface area contributed by atoms with E-state index in [1.807, 2.05) is 18.5 Å². The number of nitrogens with zero attached hydrogens (tertiary/aromatic N) is 3. The summed E-state index contributed by atoms with van der Waals surface area (Å²) in [6, 6.07) is 65.4. The molecule has 8 aromatic rings. The molecule has 238 valence electrons. The van der Waals surface area contributed by atoms with E-state index >= 15 is 0 Å². The van der Waals surface area contributed by atoms with Crippen LogP contribution >= 0.6 is 0 Å². The van der Waals surface area contributed by atoms with Crippen LogP contribution in [-0.2, 0) is 5.54 Å². The van der Waals surface area contributed by atoms with Crippen LogP contribution in [0.3, 0.4) is 0 Å². The minimum Gasteiger partial charge on any atom is -0.318 e. The Morgan fingerprint density at radius 2 is 1.04 bits per heavy atom. The smallest absolute Gasteiger partial charge is 0.121 e. The van der Waals surface area contributed by atoms with Crippen molar-refractivity contribution in [2.24, 2.45) is 4.99 Å². The van der Waals surface area contributed by atoms with Crippen LogP contribution in [0.1, 0.15) is 39.1 Å². The van der Waals surface area contributed by atoms with Gasteiger partial charge in [0.15, 0.2) is 0 Å². The maximum atomic E-state index is 5.23. The third-order valence-electron chi connectivity index (χ3n) is 9.38. The van der Waals surface area contributed by atoms with E-state index in [1.165, 1.54) is 0 Å². The molecular formula is C47H35N3. The lowest BCUT2D eigenvalue weighted by atomic mass is 9.76. The molecule has 7 aromatic carbocycles. The maximum Gasteiger partial charge on any atom is 0.121 e. The molecule has 0 amide bonds. The van der Waals surface area contributed by atoms with Crippen molar-refractivity contribution in [3.8, 4) is 0 Å². The molecule has 0 aliphatic rings. The summed E-state index contributed by atoms with van der Waals surface area (Å²) >= 11 is 0. The van der Waals surface area contributed by atoms with E-state index in [4.69, 9.17) is 9.98 Å². The molecule has 0 spiro atoms. The van der Waals surface area contributed by atoms with E-state index in [1.54, 1.807) is 0 Å². The highest BCUT2D eigenvalue weighted by molar-refractivity contribution is 6.14. The predicted octanol–water partition coefficient (Wildman–Crippen LogP) is 11.1. The van der Waals surface area contributed by atoms with Gasteiger partial charge in [-0.05, 0) is 45.2 Å². The molecule has 0 fully saturated rings. The summed E-state index contributed by atoms with van der Waals surface area (Å²) in [5.41, 5.74) is 9.42. The Hall–Kier alpha value is -6.58. The van der Waals surface area contributed by atoms with Crippen LogP contribution in [0.25, 0.3) is 16.3 Å². The van der Waals surface area contributed by atoms with E-state index in [-0.39, 0.29) is 0 Å². The first-order chi connectivity index (χ1) is 24.7. The first-order valence-electron chi connectivity index (χ1n) is 16.8. The molecule has 0 aliphatic heterocycles. The van der Waals surface area contributed by atoms with Crippen LogP contribution in [0.5, 0.6) is 0 Å². The molecule has 3 heteroatoms. The van der Waals surface area contributed by atoms with Crippen molar-refractivity contribution in [1.29, 1.82) is 0 Å². The molecule has 0 N–H and O–H groups in total. The summed E-state index contributed by atoms with van der Waals surface area (Å²) in [7, 11) is 0. The zero-order valence-corrected chi connectivity index (χ0v) is 27.6. The highest BCUT2D eigenvalue weighted by Crippen LogP contribution is 2.41. The van der Waals surface area contributed by atoms with Gasteiger partial charge < -0.3 is 4.57 Å². The van der Waals surface area contributed by atoms with Gasteiger partial charge in [-0.2, -0.15) is 0 Å². The first-order valence-corrected chi connectivity index (χ1v) is 16.8. The number of hydrogen-bond donors (Lipinski definition) is 0. The molecule has 3 nitrogen and oxygen atoms in total. The molecule has 0 radical (unpaired) electrons. The number of aliphatic imine (C=N–C) groups is 1. The second-order valence-electron chi connectivity index (χ2n) is 12.4. The number of aromatic nitrogens is 2. The summed E-state index contributed by atoms with van der Waals surface area (Å²) in [5, 5.41) is 2.20. The van der Waals surface area contributed by atoms with Crippen molar-refractivity contribution in [3.05, 3.63) is 246 Å². The molecule has 1 heterocycles. The molecule has 0 saturated carbocycles. The Bertz CT molecular complexity index is 2270. The number of hydrogen-bond acceptors (Lipinski definition) is 2. The van der Waals surface area contributed by atoms with Gasteiger partial charge in [0.1, 0.15) is 5.54 Å². The molecule has 50 heavy (non-hydrogen) atoms. The third kappa shape index (κ3) is 5.65. The van der Waals surface area contributed by atoms with Gasteiger partial charge in [0.05, 0.1) is 23.4 Å². The molecular weight excluding hydrogens is 607 g/mol.